The minimum Gasteiger partial charge on any atom is -0.350 e. The minimum absolute atomic E-state index is 0.260. The van der Waals surface area contributed by atoms with Crippen molar-refractivity contribution in [3.05, 3.63) is 18.6 Å². The van der Waals surface area contributed by atoms with Gasteiger partial charge >= 0.3 is 12.1 Å². The molecule has 0 aliphatic rings. The third-order valence-electron chi connectivity index (χ3n) is 1.10. The van der Waals surface area contributed by atoms with Crippen LogP contribution in [0.2, 0.25) is 0 Å². The first-order valence-corrected chi connectivity index (χ1v) is 3.57. The number of primary amides is 1. The zero-order valence-electron chi connectivity index (χ0n) is 7.02. The first-order chi connectivity index (χ1) is 6.68. The van der Waals surface area contributed by atoms with E-state index in [-0.39, 0.29) is 5.82 Å². The Morgan fingerprint density at radius 2 is 2.07 bits per heavy atom. The summed E-state index contributed by atoms with van der Waals surface area (Å²) in [6.07, 6.45) is 4.23. The van der Waals surface area contributed by atoms with Crippen molar-refractivity contribution in [1.29, 1.82) is 0 Å². The third-order valence-corrected chi connectivity index (χ3v) is 1.10. The smallest absolute Gasteiger partial charge is 0.339 e. The largest absolute Gasteiger partial charge is 0.350 e. The summed E-state index contributed by atoms with van der Waals surface area (Å²) >= 11 is 0. The molecule has 0 saturated heterocycles. The molecule has 0 spiro atoms. The lowest BCUT2D eigenvalue weighted by atomic mass is 10.6. The quantitative estimate of drug-likeness (QED) is 0.438. The Balaban J connectivity index is 2.38. The molecule has 1 rings (SSSR count). The normalized spacial score (nSPS) is 8.86. The lowest BCUT2D eigenvalue weighted by molar-refractivity contribution is 0.235. The summed E-state index contributed by atoms with van der Waals surface area (Å²) in [4.78, 5) is 28.6. The molecule has 0 radical (unpaired) electrons. The van der Waals surface area contributed by atoms with Crippen LogP contribution in [0.4, 0.5) is 15.4 Å². The van der Waals surface area contributed by atoms with E-state index in [1.165, 1.54) is 18.6 Å². The van der Waals surface area contributed by atoms with Crippen LogP contribution in [0.3, 0.4) is 0 Å². The highest BCUT2D eigenvalue weighted by Crippen LogP contribution is 1.95. The maximum Gasteiger partial charge on any atom is 0.339 e. The van der Waals surface area contributed by atoms with E-state index < -0.39 is 12.1 Å². The van der Waals surface area contributed by atoms with Crippen LogP contribution >= 0.6 is 0 Å². The second-order valence-electron chi connectivity index (χ2n) is 2.16. The van der Waals surface area contributed by atoms with Gasteiger partial charge in [0.25, 0.3) is 0 Å². The number of carbonyl (C=O) groups is 2. The molecule has 0 aromatic carbocycles. The van der Waals surface area contributed by atoms with Crippen LogP contribution in [0.1, 0.15) is 0 Å². The molecule has 8 nitrogen and oxygen atoms in total. The second kappa shape index (κ2) is 4.60. The number of nitrogens with two attached hydrogens (primary N) is 1. The first-order valence-electron chi connectivity index (χ1n) is 3.57. The van der Waals surface area contributed by atoms with Gasteiger partial charge in [-0.05, 0) is 0 Å². The fourth-order valence-electron chi connectivity index (χ4n) is 0.630. The number of hydrogen-bond donors (Lipinski definition) is 4. The van der Waals surface area contributed by atoms with Crippen molar-refractivity contribution in [3.8, 4) is 0 Å². The molecule has 0 fully saturated rings. The highest BCUT2D eigenvalue weighted by Gasteiger charge is 2.01. The summed E-state index contributed by atoms with van der Waals surface area (Å²) < 4.78 is 0. The maximum atomic E-state index is 11.0. The van der Waals surface area contributed by atoms with Crippen molar-refractivity contribution < 1.29 is 9.59 Å². The average Bonchev–Trinajstić information content (AvgIpc) is 2.16. The second-order valence-corrected chi connectivity index (χ2v) is 2.16. The Morgan fingerprint density at radius 1 is 1.29 bits per heavy atom. The first kappa shape index (κ1) is 9.71. The topological polar surface area (TPSA) is 122 Å². The lowest BCUT2D eigenvalue weighted by Crippen LogP contribution is -2.46. The Kier molecular flexibility index (Phi) is 3.19. The van der Waals surface area contributed by atoms with Crippen LogP contribution in [0.25, 0.3) is 0 Å². The van der Waals surface area contributed by atoms with E-state index in [0.29, 0.717) is 0 Å². The standard InChI is InChI=1S/C6H8N6O2/c7-5(13)11-12-6(14)10-4-3-8-1-2-9-4/h1-3H,(H3,7,11,13)(H2,9,10,12,14). The van der Waals surface area contributed by atoms with E-state index in [1.807, 2.05) is 10.9 Å². The molecule has 1 aromatic heterocycles. The molecule has 0 atom stereocenters. The third kappa shape index (κ3) is 3.34. The zero-order chi connectivity index (χ0) is 10.4. The number of rotatable bonds is 1. The molecule has 5 N–H and O–H groups in total. The molecule has 0 bridgehead atoms. The van der Waals surface area contributed by atoms with Crippen molar-refractivity contribution >= 4 is 17.9 Å². The number of hydrogen-bond acceptors (Lipinski definition) is 4. The Bertz CT molecular complexity index is 326. The number of urea groups is 2. The number of hydrazine groups is 1. The van der Waals surface area contributed by atoms with Gasteiger partial charge in [0, 0.05) is 12.4 Å². The predicted octanol–water partition coefficient (Wildman–Crippen LogP) is -0.819. The van der Waals surface area contributed by atoms with E-state index in [1.54, 1.807) is 0 Å². The van der Waals surface area contributed by atoms with Gasteiger partial charge in [-0.25, -0.2) is 25.4 Å². The molecular weight excluding hydrogens is 188 g/mol. The van der Waals surface area contributed by atoms with E-state index >= 15 is 0 Å². The molecule has 0 aliphatic heterocycles. The Hall–Kier alpha value is -2.38. The van der Waals surface area contributed by atoms with Crippen molar-refractivity contribution in [2.45, 2.75) is 0 Å². The van der Waals surface area contributed by atoms with Crippen LogP contribution in [0.5, 0.6) is 0 Å². The summed E-state index contributed by atoms with van der Waals surface area (Å²) in [5.74, 6) is 0.260. The number of carbonyl (C=O) groups excluding carboxylic acids is 2. The van der Waals surface area contributed by atoms with E-state index in [0.717, 1.165) is 0 Å². The fraction of sp³-hybridized carbons (Fsp3) is 0. The monoisotopic (exact) mass is 196 g/mol. The van der Waals surface area contributed by atoms with Crippen molar-refractivity contribution in [1.82, 2.24) is 20.8 Å². The fourth-order valence-corrected chi connectivity index (χ4v) is 0.630. The van der Waals surface area contributed by atoms with Gasteiger partial charge in [0.05, 0.1) is 6.20 Å². The van der Waals surface area contributed by atoms with E-state index in [2.05, 4.69) is 15.3 Å². The van der Waals surface area contributed by atoms with Gasteiger partial charge in [-0.3, -0.25) is 10.3 Å². The van der Waals surface area contributed by atoms with Crippen LogP contribution in [0, 0.1) is 0 Å². The van der Waals surface area contributed by atoms with Gasteiger partial charge in [-0.2, -0.15) is 0 Å². The minimum atomic E-state index is -0.862. The van der Waals surface area contributed by atoms with Gasteiger partial charge in [0.2, 0.25) is 0 Å². The van der Waals surface area contributed by atoms with Crippen molar-refractivity contribution in [2.75, 3.05) is 5.32 Å². The number of amides is 4. The SMILES string of the molecule is NC(=O)NNC(=O)Nc1cnccn1. The lowest BCUT2D eigenvalue weighted by Gasteiger charge is -2.05. The number of nitrogens with zero attached hydrogens (tertiary/aromatic N) is 2. The highest BCUT2D eigenvalue weighted by molar-refractivity contribution is 5.89. The van der Waals surface area contributed by atoms with Gasteiger partial charge < -0.3 is 5.73 Å². The molecule has 4 amide bonds. The van der Waals surface area contributed by atoms with Crippen LogP contribution in [0.15, 0.2) is 18.6 Å². The summed E-state index contributed by atoms with van der Waals surface area (Å²) in [5, 5.41) is 2.30. The maximum absolute atomic E-state index is 11.0. The number of aromatic nitrogens is 2. The molecule has 8 heteroatoms. The van der Waals surface area contributed by atoms with Crippen molar-refractivity contribution in [3.63, 3.8) is 0 Å². The molecular formula is C6H8N6O2. The average molecular weight is 196 g/mol. The predicted molar refractivity (Wildman–Crippen MR) is 46.9 cm³/mol. The van der Waals surface area contributed by atoms with Gasteiger partial charge in [0.15, 0.2) is 5.82 Å². The van der Waals surface area contributed by atoms with Crippen LogP contribution in [-0.4, -0.2) is 22.0 Å². The molecule has 0 saturated carbocycles. The Morgan fingerprint density at radius 3 is 2.64 bits per heavy atom. The zero-order valence-corrected chi connectivity index (χ0v) is 7.02. The van der Waals surface area contributed by atoms with Crippen molar-refractivity contribution in [2.24, 2.45) is 5.73 Å². The van der Waals surface area contributed by atoms with Crippen LogP contribution in [-0.2, 0) is 0 Å². The summed E-state index contributed by atoms with van der Waals surface area (Å²) in [5.41, 5.74) is 8.60. The molecule has 14 heavy (non-hydrogen) atoms. The Labute approximate surface area is 78.9 Å². The summed E-state index contributed by atoms with van der Waals surface area (Å²) in [6.45, 7) is 0. The van der Waals surface area contributed by atoms with Gasteiger partial charge in [-0.1, -0.05) is 0 Å². The van der Waals surface area contributed by atoms with Gasteiger partial charge in [0.1, 0.15) is 0 Å². The van der Waals surface area contributed by atoms with E-state index in [4.69, 9.17) is 5.73 Å². The number of nitrogens with one attached hydrogen (secondary N) is 3. The molecule has 74 valence electrons. The summed E-state index contributed by atoms with van der Waals surface area (Å²) in [6, 6.07) is -1.52. The molecule has 1 aromatic rings. The highest BCUT2D eigenvalue weighted by atomic mass is 16.2. The van der Waals surface area contributed by atoms with E-state index in [9.17, 15) is 9.59 Å². The number of anilines is 1. The molecule has 0 unspecified atom stereocenters. The van der Waals surface area contributed by atoms with Gasteiger partial charge in [-0.15, -0.1) is 0 Å². The molecule has 0 aliphatic carbocycles. The summed E-state index contributed by atoms with van der Waals surface area (Å²) in [7, 11) is 0. The van der Waals surface area contributed by atoms with Crippen LogP contribution < -0.4 is 21.9 Å². The molecule has 1 heterocycles.